The van der Waals surface area contributed by atoms with Crippen molar-refractivity contribution in [3.05, 3.63) is 85.1 Å². The lowest BCUT2D eigenvalue weighted by Crippen LogP contribution is -2.18. The van der Waals surface area contributed by atoms with Gasteiger partial charge in [0.2, 0.25) is 0 Å². The first kappa shape index (κ1) is 47.1. The Labute approximate surface area is 309 Å². The molecule has 0 aliphatic carbocycles. The monoisotopic (exact) mass is 693 g/mol. The van der Waals surface area contributed by atoms with Crippen LogP contribution in [0, 0.1) is 0 Å². The van der Waals surface area contributed by atoms with Gasteiger partial charge in [0.1, 0.15) is 6.10 Å². The topological polar surface area (TPSA) is 63.6 Å². The maximum absolute atomic E-state index is 12.6. The number of ether oxygens (including phenoxy) is 1. The zero-order valence-corrected chi connectivity index (χ0v) is 32.4. The number of rotatable bonds is 36. The second kappa shape index (κ2) is 40.5. The number of esters is 1. The average molecular weight is 693 g/mol. The highest BCUT2D eigenvalue weighted by Crippen LogP contribution is 2.17. The van der Waals surface area contributed by atoms with Gasteiger partial charge in [-0.2, -0.15) is 0 Å². The van der Waals surface area contributed by atoms with E-state index < -0.39 is 5.97 Å². The first-order valence-electron chi connectivity index (χ1n) is 20.6. The Hall–Kier alpha value is -2.88. The molecule has 4 nitrogen and oxygen atoms in total. The van der Waals surface area contributed by atoms with Crippen molar-refractivity contribution in [2.24, 2.45) is 0 Å². The third-order valence-electron chi connectivity index (χ3n) is 8.61. The van der Waals surface area contributed by atoms with Crippen molar-refractivity contribution in [2.75, 3.05) is 0 Å². The van der Waals surface area contributed by atoms with Crippen LogP contribution in [-0.2, 0) is 14.3 Å². The van der Waals surface area contributed by atoms with Gasteiger partial charge in [0.05, 0.1) is 0 Å². The molecule has 0 spiro atoms. The Morgan fingerprint density at radius 1 is 0.460 bits per heavy atom. The predicted molar refractivity (Wildman–Crippen MR) is 218 cm³/mol. The first-order chi connectivity index (χ1) is 24.6. The minimum absolute atomic E-state index is 0.0205. The zero-order chi connectivity index (χ0) is 36.4. The normalized spacial score (nSPS) is 13.2. The molecule has 1 unspecified atom stereocenters. The fourth-order valence-electron chi connectivity index (χ4n) is 5.62. The summed E-state index contributed by atoms with van der Waals surface area (Å²) in [7, 11) is 0. The van der Waals surface area contributed by atoms with Crippen molar-refractivity contribution in [1.29, 1.82) is 0 Å². The van der Waals surface area contributed by atoms with Crippen molar-refractivity contribution >= 4 is 11.9 Å². The van der Waals surface area contributed by atoms with Crippen LogP contribution in [0.2, 0.25) is 0 Å². The lowest BCUT2D eigenvalue weighted by molar-refractivity contribution is -0.149. The summed E-state index contributed by atoms with van der Waals surface area (Å²) in [6.45, 7) is 4.42. The zero-order valence-electron chi connectivity index (χ0n) is 32.4. The van der Waals surface area contributed by atoms with E-state index in [1.54, 1.807) is 0 Å². The highest BCUT2D eigenvalue weighted by Gasteiger charge is 2.13. The van der Waals surface area contributed by atoms with E-state index >= 15 is 0 Å². The summed E-state index contributed by atoms with van der Waals surface area (Å²) in [5.41, 5.74) is 0. The Bertz CT molecular complexity index is 965. The molecular formula is C46H76O4. The highest BCUT2D eigenvalue weighted by molar-refractivity contribution is 5.69. The van der Waals surface area contributed by atoms with Gasteiger partial charge in [0, 0.05) is 12.8 Å². The van der Waals surface area contributed by atoms with Crippen LogP contribution in [-0.4, -0.2) is 23.1 Å². The van der Waals surface area contributed by atoms with E-state index in [4.69, 9.17) is 9.84 Å². The average Bonchev–Trinajstić information content (AvgIpc) is 3.10. The van der Waals surface area contributed by atoms with E-state index in [-0.39, 0.29) is 18.5 Å². The summed E-state index contributed by atoms with van der Waals surface area (Å²) >= 11 is 0. The molecule has 50 heavy (non-hydrogen) atoms. The molecule has 0 saturated carbocycles. The van der Waals surface area contributed by atoms with E-state index in [2.05, 4.69) is 98.9 Å². The molecule has 0 rings (SSSR count). The van der Waals surface area contributed by atoms with Crippen LogP contribution in [0.5, 0.6) is 0 Å². The van der Waals surface area contributed by atoms with Crippen molar-refractivity contribution in [3.8, 4) is 0 Å². The molecule has 0 bridgehead atoms. The number of carbonyl (C=O) groups is 2. The highest BCUT2D eigenvalue weighted by atomic mass is 16.5. The SMILES string of the molecule is CC/C=C\C/C=C\C/C=C\C/C=C\C/C=C\C/C=C\CCC(=O)OC(CCC/C=C\CCCCCCCCCC)CCCCCCCC(=O)O. The molecule has 0 radical (unpaired) electrons. The van der Waals surface area contributed by atoms with Crippen LogP contribution in [0.4, 0.5) is 0 Å². The van der Waals surface area contributed by atoms with Gasteiger partial charge in [-0.25, -0.2) is 0 Å². The maximum Gasteiger partial charge on any atom is 0.306 e. The second-order valence-electron chi connectivity index (χ2n) is 13.4. The lowest BCUT2D eigenvalue weighted by atomic mass is 10.0. The largest absolute Gasteiger partial charge is 0.481 e. The molecule has 0 aliphatic heterocycles. The van der Waals surface area contributed by atoms with Crippen molar-refractivity contribution in [2.45, 2.75) is 193 Å². The van der Waals surface area contributed by atoms with Crippen molar-refractivity contribution < 1.29 is 19.4 Å². The van der Waals surface area contributed by atoms with Gasteiger partial charge in [-0.3, -0.25) is 9.59 Å². The number of unbranched alkanes of at least 4 members (excludes halogenated alkanes) is 13. The van der Waals surface area contributed by atoms with Gasteiger partial charge < -0.3 is 9.84 Å². The standard InChI is InChI=1S/C46H76O4/c1-3-5-7-9-11-13-15-17-18-19-20-21-22-24-26-28-30-35-39-43-46(49)50-44(41-37-33-31-34-38-42-45(47)48)40-36-32-29-27-25-23-16-14-12-10-8-6-4-2/h5,7,11,13,17-18,20-21,24,26-27,29-30,35,44H,3-4,6,8-10,12,14-16,19,22-23,25,28,31-34,36-43H2,1-2H3,(H,47,48)/b7-5-,13-11-,18-17-,21-20-,26-24-,29-27-,35-30-. The van der Waals surface area contributed by atoms with Crippen molar-refractivity contribution in [3.63, 3.8) is 0 Å². The fraction of sp³-hybridized carbons (Fsp3) is 0.652. The Kier molecular flexibility index (Phi) is 38.2. The molecular weight excluding hydrogens is 617 g/mol. The van der Waals surface area contributed by atoms with Crippen LogP contribution in [0.1, 0.15) is 187 Å². The number of aliphatic carboxylic acids is 1. The van der Waals surface area contributed by atoms with Gasteiger partial charge in [-0.1, -0.05) is 163 Å². The molecule has 0 aliphatic rings. The number of carboxylic acid groups (broad SMARTS) is 1. The Balaban J connectivity index is 4.24. The summed E-state index contributed by atoms with van der Waals surface area (Å²) in [5, 5.41) is 8.83. The molecule has 0 amide bonds. The van der Waals surface area contributed by atoms with E-state index in [1.165, 1.54) is 57.8 Å². The van der Waals surface area contributed by atoms with E-state index in [9.17, 15) is 9.59 Å². The van der Waals surface area contributed by atoms with Crippen LogP contribution in [0.15, 0.2) is 85.1 Å². The smallest absolute Gasteiger partial charge is 0.306 e. The van der Waals surface area contributed by atoms with Crippen molar-refractivity contribution in [1.82, 2.24) is 0 Å². The quantitative estimate of drug-likeness (QED) is 0.0403. The minimum atomic E-state index is -0.715. The Morgan fingerprint density at radius 2 is 0.880 bits per heavy atom. The molecule has 0 aromatic carbocycles. The summed E-state index contributed by atoms with van der Waals surface area (Å²) in [6, 6.07) is 0. The Morgan fingerprint density at radius 3 is 1.42 bits per heavy atom. The molecule has 1 N–H and O–H groups in total. The molecule has 1 atom stereocenters. The third-order valence-corrected chi connectivity index (χ3v) is 8.61. The summed E-state index contributed by atoms with van der Waals surface area (Å²) in [6.07, 6.45) is 58.9. The molecule has 0 saturated heterocycles. The number of hydrogen-bond acceptors (Lipinski definition) is 3. The fourth-order valence-corrected chi connectivity index (χ4v) is 5.62. The number of carboxylic acids is 1. The first-order valence-corrected chi connectivity index (χ1v) is 20.6. The molecule has 0 aromatic heterocycles. The predicted octanol–water partition coefficient (Wildman–Crippen LogP) is 14.4. The van der Waals surface area contributed by atoms with Crippen LogP contribution in [0.3, 0.4) is 0 Å². The third kappa shape index (κ3) is 39.6. The number of hydrogen-bond donors (Lipinski definition) is 1. The molecule has 0 aromatic rings. The lowest BCUT2D eigenvalue weighted by Gasteiger charge is -2.17. The summed E-state index contributed by atoms with van der Waals surface area (Å²) in [4.78, 5) is 23.4. The van der Waals surface area contributed by atoms with Gasteiger partial charge in [0.25, 0.3) is 0 Å². The van der Waals surface area contributed by atoms with Crippen LogP contribution >= 0.6 is 0 Å². The molecule has 0 heterocycles. The maximum atomic E-state index is 12.6. The van der Waals surface area contributed by atoms with E-state index in [0.717, 1.165) is 96.3 Å². The van der Waals surface area contributed by atoms with E-state index in [0.29, 0.717) is 12.8 Å². The molecule has 4 heteroatoms. The van der Waals surface area contributed by atoms with E-state index in [1.807, 2.05) is 0 Å². The second-order valence-corrected chi connectivity index (χ2v) is 13.4. The summed E-state index contributed by atoms with van der Waals surface area (Å²) < 4.78 is 5.95. The summed E-state index contributed by atoms with van der Waals surface area (Å²) in [5.74, 6) is -0.811. The minimum Gasteiger partial charge on any atom is -0.481 e. The van der Waals surface area contributed by atoms with Gasteiger partial charge in [-0.05, 0) is 96.3 Å². The van der Waals surface area contributed by atoms with Gasteiger partial charge >= 0.3 is 11.9 Å². The van der Waals surface area contributed by atoms with Crippen LogP contribution in [0.25, 0.3) is 0 Å². The number of allylic oxidation sites excluding steroid dienone is 14. The molecule has 0 fully saturated rings. The molecule has 284 valence electrons. The van der Waals surface area contributed by atoms with Gasteiger partial charge in [0.15, 0.2) is 0 Å². The number of carbonyl (C=O) groups excluding carboxylic acids is 1. The van der Waals surface area contributed by atoms with Gasteiger partial charge in [-0.15, -0.1) is 0 Å². The van der Waals surface area contributed by atoms with Crippen LogP contribution < -0.4 is 0 Å².